The van der Waals surface area contributed by atoms with Gasteiger partial charge in [-0.05, 0) is 48.8 Å². The van der Waals surface area contributed by atoms with Crippen LogP contribution in [0.5, 0.6) is 0 Å². The van der Waals surface area contributed by atoms with E-state index in [1.54, 1.807) is 11.1 Å². The van der Waals surface area contributed by atoms with Crippen LogP contribution in [0, 0.1) is 5.92 Å². The second kappa shape index (κ2) is 6.09. The molecule has 1 aromatic carbocycles. The first kappa shape index (κ1) is 13.2. The molecule has 2 fully saturated rings. The monoisotopic (exact) mass is 257 g/mol. The lowest BCUT2D eigenvalue weighted by molar-refractivity contribution is 0.261. The van der Waals surface area contributed by atoms with E-state index >= 15 is 0 Å². The summed E-state index contributed by atoms with van der Waals surface area (Å²) in [4.78, 5) is 0. The van der Waals surface area contributed by atoms with Crippen LogP contribution in [0.2, 0.25) is 0 Å². The van der Waals surface area contributed by atoms with Gasteiger partial charge in [-0.2, -0.15) is 0 Å². The molecule has 0 heterocycles. The van der Waals surface area contributed by atoms with Gasteiger partial charge in [0, 0.05) is 6.04 Å². The van der Waals surface area contributed by atoms with Crippen molar-refractivity contribution < 1.29 is 0 Å². The molecule has 2 aliphatic carbocycles. The van der Waals surface area contributed by atoms with E-state index in [4.69, 9.17) is 0 Å². The predicted molar refractivity (Wildman–Crippen MR) is 81.4 cm³/mol. The number of nitrogens with one attached hydrogen (secondary N) is 1. The van der Waals surface area contributed by atoms with Crippen LogP contribution in [0.1, 0.15) is 75.0 Å². The molecule has 1 N–H and O–H groups in total. The Labute approximate surface area is 117 Å². The van der Waals surface area contributed by atoms with Gasteiger partial charge < -0.3 is 5.32 Å². The molecule has 0 saturated heterocycles. The normalized spacial score (nSPS) is 21.7. The summed E-state index contributed by atoms with van der Waals surface area (Å²) in [7, 11) is 0. The van der Waals surface area contributed by atoms with Crippen LogP contribution >= 0.6 is 0 Å². The quantitative estimate of drug-likeness (QED) is 0.772. The molecule has 19 heavy (non-hydrogen) atoms. The molecule has 2 aliphatic rings. The van der Waals surface area contributed by atoms with Crippen LogP contribution in [0.3, 0.4) is 0 Å². The Morgan fingerprint density at radius 3 is 2.42 bits per heavy atom. The lowest BCUT2D eigenvalue weighted by Gasteiger charge is -2.34. The van der Waals surface area contributed by atoms with Crippen LogP contribution in [0.25, 0.3) is 0 Å². The van der Waals surface area contributed by atoms with Crippen molar-refractivity contribution in [2.24, 2.45) is 5.92 Å². The molecule has 1 atom stereocenters. The van der Waals surface area contributed by atoms with E-state index in [2.05, 4.69) is 36.5 Å². The molecule has 1 unspecified atom stereocenters. The molecular weight excluding hydrogens is 230 g/mol. The first-order valence-electron chi connectivity index (χ1n) is 8.20. The van der Waals surface area contributed by atoms with E-state index in [0.29, 0.717) is 6.04 Å². The average Bonchev–Trinajstić information content (AvgIpc) is 2.31. The van der Waals surface area contributed by atoms with Crippen LogP contribution in [-0.2, 0) is 0 Å². The predicted octanol–water partition coefficient (Wildman–Crippen LogP) is 4.79. The van der Waals surface area contributed by atoms with Crippen molar-refractivity contribution in [3.63, 3.8) is 0 Å². The number of hydrogen-bond acceptors (Lipinski definition) is 1. The summed E-state index contributed by atoms with van der Waals surface area (Å²) in [5.74, 6) is 1.82. The average molecular weight is 257 g/mol. The first-order valence-corrected chi connectivity index (χ1v) is 8.20. The minimum absolute atomic E-state index is 0.590. The van der Waals surface area contributed by atoms with Gasteiger partial charge in [0.05, 0.1) is 0 Å². The summed E-state index contributed by atoms with van der Waals surface area (Å²) in [5, 5.41) is 3.74. The van der Waals surface area contributed by atoms with Gasteiger partial charge in [0.15, 0.2) is 0 Å². The SMILES string of the molecule is CCNC(CC1CCC1)c1ccccc1C1CCC1. The fraction of sp³-hybridized carbons (Fsp3) is 0.667. The highest BCUT2D eigenvalue weighted by Gasteiger charge is 2.27. The minimum atomic E-state index is 0.590. The Balaban J connectivity index is 1.79. The molecule has 0 amide bonds. The molecule has 1 nitrogen and oxygen atoms in total. The van der Waals surface area contributed by atoms with Gasteiger partial charge in [0.1, 0.15) is 0 Å². The van der Waals surface area contributed by atoms with Crippen LogP contribution < -0.4 is 5.32 Å². The van der Waals surface area contributed by atoms with Gasteiger partial charge in [-0.25, -0.2) is 0 Å². The van der Waals surface area contributed by atoms with Crippen molar-refractivity contribution >= 4 is 0 Å². The van der Waals surface area contributed by atoms with E-state index < -0.39 is 0 Å². The smallest absolute Gasteiger partial charge is 0.0325 e. The fourth-order valence-corrected chi connectivity index (χ4v) is 3.55. The van der Waals surface area contributed by atoms with Gasteiger partial charge >= 0.3 is 0 Å². The fourth-order valence-electron chi connectivity index (χ4n) is 3.55. The van der Waals surface area contributed by atoms with Crippen molar-refractivity contribution in [3.8, 4) is 0 Å². The van der Waals surface area contributed by atoms with Crippen molar-refractivity contribution in [2.75, 3.05) is 6.54 Å². The zero-order valence-electron chi connectivity index (χ0n) is 12.2. The van der Waals surface area contributed by atoms with Crippen molar-refractivity contribution in [1.82, 2.24) is 5.32 Å². The molecule has 1 aromatic rings. The minimum Gasteiger partial charge on any atom is -0.310 e. The van der Waals surface area contributed by atoms with Crippen molar-refractivity contribution in [2.45, 2.75) is 63.8 Å². The maximum Gasteiger partial charge on any atom is 0.0325 e. The number of hydrogen-bond donors (Lipinski definition) is 1. The Bertz CT molecular complexity index is 404. The molecule has 3 rings (SSSR count). The Hall–Kier alpha value is -0.820. The third-order valence-corrected chi connectivity index (χ3v) is 5.16. The molecule has 0 aromatic heterocycles. The van der Waals surface area contributed by atoms with E-state index in [1.165, 1.54) is 44.9 Å². The van der Waals surface area contributed by atoms with Crippen LogP contribution in [0.4, 0.5) is 0 Å². The Kier molecular flexibility index (Phi) is 4.22. The summed E-state index contributed by atoms with van der Waals surface area (Å²) in [6.45, 7) is 3.32. The summed E-state index contributed by atoms with van der Waals surface area (Å²) >= 11 is 0. The largest absolute Gasteiger partial charge is 0.310 e. The second-order valence-electron chi connectivity index (χ2n) is 6.40. The topological polar surface area (TPSA) is 12.0 Å². The molecule has 1 heteroatoms. The van der Waals surface area contributed by atoms with E-state index in [1.807, 2.05) is 0 Å². The number of rotatable bonds is 6. The van der Waals surface area contributed by atoms with Gasteiger partial charge in [0.25, 0.3) is 0 Å². The summed E-state index contributed by atoms with van der Waals surface area (Å²) in [6, 6.07) is 9.79. The molecular formula is C18H27N. The van der Waals surface area contributed by atoms with Crippen molar-refractivity contribution in [1.29, 1.82) is 0 Å². The highest BCUT2D eigenvalue weighted by atomic mass is 14.9. The molecule has 104 valence electrons. The lowest BCUT2D eigenvalue weighted by atomic mass is 9.74. The van der Waals surface area contributed by atoms with E-state index in [-0.39, 0.29) is 0 Å². The Morgan fingerprint density at radius 1 is 1.11 bits per heavy atom. The highest BCUT2D eigenvalue weighted by molar-refractivity contribution is 5.34. The van der Waals surface area contributed by atoms with Gasteiger partial charge in [-0.15, -0.1) is 0 Å². The molecule has 2 saturated carbocycles. The third kappa shape index (κ3) is 2.86. The maximum absolute atomic E-state index is 3.74. The Morgan fingerprint density at radius 2 is 1.84 bits per heavy atom. The highest BCUT2D eigenvalue weighted by Crippen LogP contribution is 2.42. The van der Waals surface area contributed by atoms with Crippen molar-refractivity contribution in [3.05, 3.63) is 35.4 Å². The maximum atomic E-state index is 3.74. The molecule has 0 radical (unpaired) electrons. The zero-order valence-corrected chi connectivity index (χ0v) is 12.2. The molecule has 0 bridgehead atoms. The van der Waals surface area contributed by atoms with Gasteiger partial charge in [-0.3, -0.25) is 0 Å². The van der Waals surface area contributed by atoms with Gasteiger partial charge in [-0.1, -0.05) is 56.9 Å². The number of benzene rings is 1. The van der Waals surface area contributed by atoms with E-state index in [9.17, 15) is 0 Å². The molecule has 0 spiro atoms. The van der Waals surface area contributed by atoms with Crippen LogP contribution in [0.15, 0.2) is 24.3 Å². The van der Waals surface area contributed by atoms with Crippen LogP contribution in [-0.4, -0.2) is 6.54 Å². The third-order valence-electron chi connectivity index (χ3n) is 5.16. The van der Waals surface area contributed by atoms with E-state index in [0.717, 1.165) is 18.4 Å². The second-order valence-corrected chi connectivity index (χ2v) is 6.40. The standard InChI is InChI=1S/C18H27N/c1-2-19-18(13-14-7-5-8-14)17-12-4-3-11-16(17)15-9-6-10-15/h3-4,11-12,14-15,18-19H,2,5-10,13H2,1H3. The van der Waals surface area contributed by atoms with Gasteiger partial charge in [0.2, 0.25) is 0 Å². The summed E-state index contributed by atoms with van der Waals surface area (Å²) in [6.07, 6.45) is 9.93. The summed E-state index contributed by atoms with van der Waals surface area (Å²) < 4.78 is 0. The molecule has 0 aliphatic heterocycles. The zero-order chi connectivity index (χ0) is 13.1. The summed E-state index contributed by atoms with van der Waals surface area (Å²) in [5.41, 5.74) is 3.24. The lowest BCUT2D eigenvalue weighted by Crippen LogP contribution is -2.27. The first-order chi connectivity index (χ1) is 9.38.